The Hall–Kier alpha value is -2.57. The third-order valence-corrected chi connectivity index (χ3v) is 4.15. The van der Waals surface area contributed by atoms with Crippen LogP contribution in [0.3, 0.4) is 0 Å². The van der Waals surface area contributed by atoms with Crippen molar-refractivity contribution in [2.75, 3.05) is 13.1 Å². The standard InChI is InChI=1S/C16H19N3O4/c1-11-14(10-18-23-11)16(21)19-6-4-12(5-7-19)15(20)17-9-13-3-2-8-22-13/h2-3,8,10,12H,4-7,9H2,1H3,(H,17,20). The van der Waals surface area contributed by atoms with Crippen LogP contribution in [0.2, 0.25) is 0 Å². The lowest BCUT2D eigenvalue weighted by Crippen LogP contribution is -2.43. The zero-order chi connectivity index (χ0) is 16.2. The fraction of sp³-hybridized carbons (Fsp3) is 0.438. The number of hydrogen-bond acceptors (Lipinski definition) is 5. The van der Waals surface area contributed by atoms with Crippen LogP contribution in [0.5, 0.6) is 0 Å². The van der Waals surface area contributed by atoms with Crippen molar-refractivity contribution < 1.29 is 18.5 Å². The fourth-order valence-corrected chi connectivity index (χ4v) is 2.75. The van der Waals surface area contributed by atoms with Crippen LogP contribution in [0, 0.1) is 12.8 Å². The van der Waals surface area contributed by atoms with E-state index in [0.29, 0.717) is 43.8 Å². The Kier molecular flexibility index (Phi) is 4.45. The maximum atomic E-state index is 12.4. The van der Waals surface area contributed by atoms with Crippen LogP contribution in [0.25, 0.3) is 0 Å². The van der Waals surface area contributed by atoms with Gasteiger partial charge in [-0.2, -0.15) is 0 Å². The van der Waals surface area contributed by atoms with E-state index in [1.54, 1.807) is 24.2 Å². The van der Waals surface area contributed by atoms with Gasteiger partial charge < -0.3 is 19.2 Å². The maximum Gasteiger partial charge on any atom is 0.259 e. The van der Waals surface area contributed by atoms with Crippen LogP contribution in [-0.4, -0.2) is 35.0 Å². The summed E-state index contributed by atoms with van der Waals surface area (Å²) in [6.07, 6.45) is 4.33. The number of aromatic nitrogens is 1. The topological polar surface area (TPSA) is 88.6 Å². The van der Waals surface area contributed by atoms with Crippen molar-refractivity contribution in [2.24, 2.45) is 5.92 Å². The van der Waals surface area contributed by atoms with Gasteiger partial charge in [0.1, 0.15) is 17.1 Å². The van der Waals surface area contributed by atoms with Crippen LogP contribution >= 0.6 is 0 Å². The molecular formula is C16H19N3O4. The molecule has 1 N–H and O–H groups in total. The number of likely N-dealkylation sites (tertiary alicyclic amines) is 1. The van der Waals surface area contributed by atoms with E-state index in [9.17, 15) is 9.59 Å². The third-order valence-electron chi connectivity index (χ3n) is 4.15. The van der Waals surface area contributed by atoms with E-state index < -0.39 is 0 Å². The molecule has 122 valence electrons. The predicted molar refractivity (Wildman–Crippen MR) is 80.4 cm³/mol. The summed E-state index contributed by atoms with van der Waals surface area (Å²) >= 11 is 0. The number of carbonyl (C=O) groups excluding carboxylic acids is 2. The monoisotopic (exact) mass is 317 g/mol. The van der Waals surface area contributed by atoms with Gasteiger partial charge in [-0.3, -0.25) is 9.59 Å². The summed E-state index contributed by atoms with van der Waals surface area (Å²) < 4.78 is 10.1. The van der Waals surface area contributed by atoms with Gasteiger partial charge in [0.05, 0.1) is 19.0 Å². The molecule has 2 amide bonds. The SMILES string of the molecule is Cc1oncc1C(=O)N1CCC(C(=O)NCc2ccco2)CC1. The highest BCUT2D eigenvalue weighted by Crippen LogP contribution is 2.20. The number of nitrogens with zero attached hydrogens (tertiary/aromatic N) is 2. The molecule has 23 heavy (non-hydrogen) atoms. The molecule has 7 nitrogen and oxygen atoms in total. The van der Waals surface area contributed by atoms with Crippen LogP contribution in [0.1, 0.15) is 34.7 Å². The third kappa shape index (κ3) is 3.44. The molecule has 0 unspecified atom stereocenters. The summed E-state index contributed by atoms with van der Waals surface area (Å²) in [7, 11) is 0. The first-order valence-electron chi connectivity index (χ1n) is 7.66. The highest BCUT2D eigenvalue weighted by atomic mass is 16.5. The van der Waals surface area contributed by atoms with Gasteiger partial charge in [0.15, 0.2) is 0 Å². The van der Waals surface area contributed by atoms with E-state index in [0.717, 1.165) is 5.76 Å². The minimum Gasteiger partial charge on any atom is -0.467 e. The molecule has 3 rings (SSSR count). The molecule has 0 atom stereocenters. The zero-order valence-electron chi connectivity index (χ0n) is 12.9. The van der Waals surface area contributed by atoms with Crippen molar-refractivity contribution in [1.82, 2.24) is 15.4 Å². The second-order valence-electron chi connectivity index (χ2n) is 5.66. The first-order chi connectivity index (χ1) is 11.1. The summed E-state index contributed by atoms with van der Waals surface area (Å²) in [6.45, 7) is 3.23. The minimum atomic E-state index is -0.0850. The molecule has 2 aromatic heterocycles. The van der Waals surface area contributed by atoms with Crippen molar-refractivity contribution in [3.05, 3.63) is 41.7 Å². The molecule has 0 aromatic carbocycles. The molecule has 1 saturated heterocycles. The Balaban J connectivity index is 1.49. The lowest BCUT2D eigenvalue weighted by atomic mass is 9.95. The van der Waals surface area contributed by atoms with E-state index in [2.05, 4.69) is 10.5 Å². The van der Waals surface area contributed by atoms with Crippen molar-refractivity contribution in [3.8, 4) is 0 Å². The number of furan rings is 1. The van der Waals surface area contributed by atoms with E-state index in [1.165, 1.54) is 6.20 Å². The molecule has 1 aliphatic heterocycles. The average molecular weight is 317 g/mol. The number of amides is 2. The summed E-state index contributed by atoms with van der Waals surface area (Å²) in [6, 6.07) is 3.61. The Labute approximate surface area is 133 Å². The maximum absolute atomic E-state index is 12.4. The second kappa shape index (κ2) is 6.68. The predicted octanol–water partition coefficient (Wildman–Crippen LogP) is 1.74. The highest BCUT2D eigenvalue weighted by molar-refractivity contribution is 5.95. The van der Waals surface area contributed by atoms with Crippen molar-refractivity contribution in [2.45, 2.75) is 26.3 Å². The molecule has 3 heterocycles. The van der Waals surface area contributed by atoms with Crippen LogP contribution in [0.15, 0.2) is 33.5 Å². The number of hydrogen-bond donors (Lipinski definition) is 1. The largest absolute Gasteiger partial charge is 0.467 e. The van der Waals surface area contributed by atoms with Gasteiger partial charge in [-0.25, -0.2) is 0 Å². The molecule has 7 heteroatoms. The lowest BCUT2D eigenvalue weighted by Gasteiger charge is -2.31. The highest BCUT2D eigenvalue weighted by Gasteiger charge is 2.29. The van der Waals surface area contributed by atoms with Gasteiger partial charge in [0.2, 0.25) is 5.91 Å². The van der Waals surface area contributed by atoms with E-state index in [1.807, 2.05) is 6.07 Å². The van der Waals surface area contributed by atoms with Gasteiger partial charge in [-0.1, -0.05) is 5.16 Å². The normalized spacial score (nSPS) is 15.6. The Bertz CT molecular complexity index is 669. The first kappa shape index (κ1) is 15.3. The number of carbonyl (C=O) groups is 2. The smallest absolute Gasteiger partial charge is 0.259 e. The molecule has 0 bridgehead atoms. The average Bonchev–Trinajstić information content (AvgIpc) is 3.23. The van der Waals surface area contributed by atoms with Gasteiger partial charge in [0.25, 0.3) is 5.91 Å². The van der Waals surface area contributed by atoms with Gasteiger partial charge in [0, 0.05) is 19.0 Å². The second-order valence-corrected chi connectivity index (χ2v) is 5.66. The van der Waals surface area contributed by atoms with Gasteiger partial charge >= 0.3 is 0 Å². The summed E-state index contributed by atoms with van der Waals surface area (Å²) in [5, 5.41) is 6.51. The molecule has 0 aliphatic carbocycles. The molecule has 0 spiro atoms. The zero-order valence-corrected chi connectivity index (χ0v) is 12.9. The minimum absolute atomic E-state index is 0.00894. The van der Waals surface area contributed by atoms with E-state index in [4.69, 9.17) is 8.94 Å². The van der Waals surface area contributed by atoms with Gasteiger partial charge in [-0.15, -0.1) is 0 Å². The fourth-order valence-electron chi connectivity index (χ4n) is 2.75. The quantitative estimate of drug-likeness (QED) is 0.928. The molecule has 0 saturated carbocycles. The summed E-state index contributed by atoms with van der Waals surface area (Å²) in [5.41, 5.74) is 0.491. The van der Waals surface area contributed by atoms with Crippen LogP contribution < -0.4 is 5.32 Å². The van der Waals surface area contributed by atoms with Gasteiger partial charge in [-0.05, 0) is 31.9 Å². The number of piperidine rings is 1. The Morgan fingerprint density at radius 1 is 1.39 bits per heavy atom. The summed E-state index contributed by atoms with van der Waals surface area (Å²) in [5.74, 6) is 1.10. The first-order valence-corrected chi connectivity index (χ1v) is 7.66. The van der Waals surface area contributed by atoms with Crippen LogP contribution in [-0.2, 0) is 11.3 Å². The molecule has 1 fully saturated rings. The van der Waals surface area contributed by atoms with E-state index in [-0.39, 0.29) is 17.7 Å². The molecule has 0 radical (unpaired) electrons. The van der Waals surface area contributed by atoms with Crippen molar-refractivity contribution >= 4 is 11.8 Å². The number of aryl methyl sites for hydroxylation is 1. The van der Waals surface area contributed by atoms with Crippen molar-refractivity contribution in [3.63, 3.8) is 0 Å². The molecule has 2 aromatic rings. The van der Waals surface area contributed by atoms with E-state index >= 15 is 0 Å². The lowest BCUT2D eigenvalue weighted by molar-refractivity contribution is -0.126. The Morgan fingerprint density at radius 2 is 2.17 bits per heavy atom. The Morgan fingerprint density at radius 3 is 2.78 bits per heavy atom. The number of nitrogens with one attached hydrogen (secondary N) is 1. The molecular weight excluding hydrogens is 298 g/mol. The van der Waals surface area contributed by atoms with Crippen LogP contribution in [0.4, 0.5) is 0 Å². The van der Waals surface area contributed by atoms with Crippen molar-refractivity contribution in [1.29, 1.82) is 0 Å². The molecule has 1 aliphatic rings. The number of rotatable bonds is 4. The summed E-state index contributed by atoms with van der Waals surface area (Å²) in [4.78, 5) is 26.3.